The summed E-state index contributed by atoms with van der Waals surface area (Å²) in [6.45, 7) is 5.74. The summed E-state index contributed by atoms with van der Waals surface area (Å²) in [5.74, 6) is 1.43. The van der Waals surface area contributed by atoms with Crippen LogP contribution in [0.3, 0.4) is 0 Å². The Kier molecular flexibility index (Phi) is 10.1. The predicted molar refractivity (Wildman–Crippen MR) is 93.4 cm³/mol. The Balaban J connectivity index is 0.00000242. The van der Waals surface area contributed by atoms with Crippen LogP contribution in [0.25, 0.3) is 0 Å². The summed E-state index contributed by atoms with van der Waals surface area (Å²) >= 11 is 11.5. The number of nitrogens with zero attached hydrogens (tertiary/aromatic N) is 2. The lowest BCUT2D eigenvalue weighted by atomic mass is 9.97. The minimum absolute atomic E-state index is 0. The maximum absolute atomic E-state index is 12.2. The summed E-state index contributed by atoms with van der Waals surface area (Å²) in [5.41, 5.74) is 0. The van der Waals surface area contributed by atoms with E-state index >= 15 is 0 Å². The van der Waals surface area contributed by atoms with E-state index in [1.165, 1.54) is 0 Å². The number of carbonyl (C=O) groups is 1. The highest BCUT2D eigenvalue weighted by molar-refractivity contribution is 6.18. The maximum atomic E-state index is 12.2. The molecule has 0 bridgehead atoms. The average molecular weight is 374 g/mol. The molecule has 0 amide bonds. The third kappa shape index (κ3) is 6.40. The van der Waals surface area contributed by atoms with Crippen molar-refractivity contribution in [3.05, 3.63) is 0 Å². The van der Waals surface area contributed by atoms with E-state index in [1.54, 1.807) is 0 Å². The number of hydrogen-bond donors (Lipinski definition) is 0. The van der Waals surface area contributed by atoms with Crippen molar-refractivity contribution in [2.75, 3.05) is 51.0 Å². The fourth-order valence-corrected chi connectivity index (χ4v) is 3.62. The van der Waals surface area contributed by atoms with E-state index < -0.39 is 0 Å². The first-order valence-corrected chi connectivity index (χ1v) is 9.07. The van der Waals surface area contributed by atoms with Crippen LogP contribution in [-0.2, 0) is 9.53 Å². The molecule has 2 heterocycles. The average Bonchev–Trinajstić information content (AvgIpc) is 2.50. The number of alkyl halides is 2. The van der Waals surface area contributed by atoms with E-state index in [4.69, 9.17) is 27.9 Å². The summed E-state index contributed by atoms with van der Waals surface area (Å²) in [6.07, 6.45) is 3.79. The van der Waals surface area contributed by atoms with Gasteiger partial charge in [-0.15, -0.1) is 35.6 Å². The molecule has 0 aromatic rings. The van der Waals surface area contributed by atoms with Crippen LogP contribution < -0.4 is 0 Å². The van der Waals surface area contributed by atoms with Crippen molar-refractivity contribution in [3.63, 3.8) is 0 Å². The molecule has 7 heteroatoms. The van der Waals surface area contributed by atoms with Gasteiger partial charge in [0.15, 0.2) is 0 Å². The molecule has 0 aromatic heterocycles. The molecular weight excluding hydrogens is 347 g/mol. The first-order chi connectivity index (χ1) is 10.2. The quantitative estimate of drug-likeness (QED) is 0.529. The Morgan fingerprint density at radius 3 is 1.82 bits per heavy atom. The SMILES string of the molecule is Cl.O=C(OC1CCN(CCCl)CC1)C1CCN(CCCl)CC1. The van der Waals surface area contributed by atoms with E-state index in [2.05, 4.69) is 9.80 Å². The molecule has 2 aliphatic rings. The zero-order valence-corrected chi connectivity index (χ0v) is 15.3. The first-order valence-electron chi connectivity index (χ1n) is 8.00. The van der Waals surface area contributed by atoms with Crippen molar-refractivity contribution in [2.24, 2.45) is 5.92 Å². The minimum Gasteiger partial charge on any atom is -0.462 e. The van der Waals surface area contributed by atoms with Crippen LogP contribution in [0.15, 0.2) is 0 Å². The molecular formula is C15H27Cl3N2O2. The number of piperidine rings is 2. The van der Waals surface area contributed by atoms with Gasteiger partial charge in [-0.2, -0.15) is 0 Å². The van der Waals surface area contributed by atoms with Gasteiger partial charge >= 0.3 is 5.97 Å². The number of rotatable bonds is 6. The fraction of sp³-hybridized carbons (Fsp3) is 0.933. The number of esters is 1. The summed E-state index contributed by atoms with van der Waals surface area (Å²) in [4.78, 5) is 16.9. The molecule has 0 radical (unpaired) electrons. The van der Waals surface area contributed by atoms with Crippen LogP contribution in [0.2, 0.25) is 0 Å². The molecule has 22 heavy (non-hydrogen) atoms. The van der Waals surface area contributed by atoms with Crippen LogP contribution in [0.1, 0.15) is 25.7 Å². The molecule has 0 atom stereocenters. The van der Waals surface area contributed by atoms with E-state index in [-0.39, 0.29) is 30.4 Å². The molecule has 2 aliphatic heterocycles. The standard InChI is InChI=1S/C15H26Cl2N2O2.ClH/c16-5-11-18-7-1-13(2-8-18)15(20)21-14-3-9-19(10-4-14)12-6-17;/h13-14H,1-12H2;1H. The lowest BCUT2D eigenvalue weighted by Gasteiger charge is -2.34. The summed E-state index contributed by atoms with van der Waals surface area (Å²) in [5, 5.41) is 0. The van der Waals surface area contributed by atoms with Gasteiger partial charge < -0.3 is 14.5 Å². The minimum atomic E-state index is 0. The van der Waals surface area contributed by atoms with Crippen molar-refractivity contribution < 1.29 is 9.53 Å². The summed E-state index contributed by atoms with van der Waals surface area (Å²) in [7, 11) is 0. The van der Waals surface area contributed by atoms with Gasteiger partial charge in [-0.1, -0.05) is 0 Å². The number of ether oxygens (including phenoxy) is 1. The van der Waals surface area contributed by atoms with Gasteiger partial charge in [-0.05, 0) is 38.8 Å². The van der Waals surface area contributed by atoms with E-state index in [9.17, 15) is 4.79 Å². The van der Waals surface area contributed by atoms with Gasteiger partial charge in [0.2, 0.25) is 0 Å². The monoisotopic (exact) mass is 372 g/mol. The third-order valence-corrected chi connectivity index (χ3v) is 4.88. The highest BCUT2D eigenvalue weighted by Crippen LogP contribution is 2.21. The summed E-state index contributed by atoms with van der Waals surface area (Å²) in [6, 6.07) is 0. The largest absolute Gasteiger partial charge is 0.462 e. The van der Waals surface area contributed by atoms with Gasteiger partial charge in [-0.25, -0.2) is 0 Å². The Morgan fingerprint density at radius 2 is 1.36 bits per heavy atom. The second-order valence-electron chi connectivity index (χ2n) is 5.97. The van der Waals surface area contributed by atoms with Gasteiger partial charge in [0, 0.05) is 37.9 Å². The first kappa shape index (κ1) is 20.3. The van der Waals surface area contributed by atoms with Gasteiger partial charge in [0.05, 0.1) is 5.92 Å². The lowest BCUT2D eigenvalue weighted by molar-refractivity contribution is -0.157. The lowest BCUT2D eigenvalue weighted by Crippen LogP contribution is -2.41. The normalized spacial score (nSPS) is 22.3. The third-order valence-electron chi connectivity index (χ3n) is 4.54. The van der Waals surface area contributed by atoms with Crippen molar-refractivity contribution in [3.8, 4) is 0 Å². The molecule has 2 fully saturated rings. The molecule has 0 spiro atoms. The van der Waals surface area contributed by atoms with Crippen LogP contribution in [0.5, 0.6) is 0 Å². The van der Waals surface area contributed by atoms with E-state index in [0.717, 1.165) is 65.0 Å². The van der Waals surface area contributed by atoms with Crippen molar-refractivity contribution >= 4 is 41.6 Å². The second kappa shape index (κ2) is 10.9. The molecule has 4 nitrogen and oxygen atoms in total. The van der Waals surface area contributed by atoms with Gasteiger partial charge in [0.25, 0.3) is 0 Å². The molecule has 2 rings (SSSR count). The van der Waals surface area contributed by atoms with Gasteiger partial charge in [0.1, 0.15) is 6.10 Å². The number of likely N-dealkylation sites (tertiary alicyclic amines) is 2. The highest BCUT2D eigenvalue weighted by Gasteiger charge is 2.29. The molecule has 130 valence electrons. The van der Waals surface area contributed by atoms with Crippen LogP contribution in [-0.4, -0.2) is 72.9 Å². The van der Waals surface area contributed by atoms with E-state index in [0.29, 0.717) is 11.8 Å². The van der Waals surface area contributed by atoms with Gasteiger partial charge in [-0.3, -0.25) is 4.79 Å². The Labute approximate surface area is 149 Å². The molecule has 0 saturated carbocycles. The zero-order chi connectivity index (χ0) is 15.1. The zero-order valence-electron chi connectivity index (χ0n) is 13.0. The number of halogens is 3. The van der Waals surface area contributed by atoms with Crippen LogP contribution in [0.4, 0.5) is 0 Å². The maximum Gasteiger partial charge on any atom is 0.309 e. The highest BCUT2D eigenvalue weighted by atomic mass is 35.5. The van der Waals surface area contributed by atoms with Crippen molar-refractivity contribution in [1.29, 1.82) is 0 Å². The van der Waals surface area contributed by atoms with Crippen molar-refractivity contribution in [1.82, 2.24) is 9.80 Å². The van der Waals surface area contributed by atoms with Crippen LogP contribution in [0, 0.1) is 5.92 Å². The fourth-order valence-electron chi connectivity index (χ4n) is 3.14. The van der Waals surface area contributed by atoms with Crippen molar-refractivity contribution in [2.45, 2.75) is 31.8 Å². The molecule has 2 saturated heterocycles. The predicted octanol–water partition coefficient (Wildman–Crippen LogP) is 2.61. The Morgan fingerprint density at radius 1 is 0.909 bits per heavy atom. The topological polar surface area (TPSA) is 32.8 Å². The Hall–Kier alpha value is 0.260. The molecule has 0 aliphatic carbocycles. The number of hydrogen-bond acceptors (Lipinski definition) is 4. The molecule has 0 unspecified atom stereocenters. The smallest absolute Gasteiger partial charge is 0.309 e. The van der Waals surface area contributed by atoms with E-state index in [1.807, 2.05) is 0 Å². The van der Waals surface area contributed by atoms with Crippen LogP contribution >= 0.6 is 35.6 Å². The molecule has 0 N–H and O–H groups in total. The summed E-state index contributed by atoms with van der Waals surface area (Å²) < 4.78 is 5.71. The second-order valence-corrected chi connectivity index (χ2v) is 6.73. The Bertz CT molecular complexity index is 318. The molecule has 0 aromatic carbocycles. The number of carbonyl (C=O) groups excluding carboxylic acids is 1.